The van der Waals surface area contributed by atoms with Crippen molar-refractivity contribution in [1.82, 2.24) is 4.90 Å². The van der Waals surface area contributed by atoms with Crippen molar-refractivity contribution in [3.63, 3.8) is 0 Å². The number of ether oxygens (including phenoxy) is 1. The van der Waals surface area contributed by atoms with Gasteiger partial charge in [-0.05, 0) is 31.9 Å². The van der Waals surface area contributed by atoms with E-state index in [1.807, 2.05) is 42.2 Å². The maximum atomic E-state index is 12.2. The Morgan fingerprint density at radius 3 is 2.60 bits per heavy atom. The standard InChI is InChI=1S/C17H23NO2/c1-2-20-16-10-6-5-9-15(16)11-12-17(19)18-13-7-3-4-8-14-18/h5-6,9-12H,2-4,7-8,13-14H2,1H3/b12-11-. The van der Waals surface area contributed by atoms with E-state index in [1.165, 1.54) is 12.8 Å². The minimum absolute atomic E-state index is 0.109. The van der Waals surface area contributed by atoms with Gasteiger partial charge in [0.15, 0.2) is 0 Å². The predicted octanol–water partition coefficient (Wildman–Crippen LogP) is 3.50. The van der Waals surface area contributed by atoms with Crippen molar-refractivity contribution in [2.75, 3.05) is 19.7 Å². The summed E-state index contributed by atoms with van der Waals surface area (Å²) in [4.78, 5) is 14.1. The molecule has 0 aromatic heterocycles. The summed E-state index contributed by atoms with van der Waals surface area (Å²) in [6, 6.07) is 7.80. The zero-order chi connectivity index (χ0) is 14.2. The Labute approximate surface area is 121 Å². The second-order valence-electron chi connectivity index (χ2n) is 5.04. The fraction of sp³-hybridized carbons (Fsp3) is 0.471. The Bertz CT molecular complexity index is 460. The van der Waals surface area contributed by atoms with Gasteiger partial charge in [-0.15, -0.1) is 0 Å². The van der Waals surface area contributed by atoms with Crippen molar-refractivity contribution < 1.29 is 9.53 Å². The quantitative estimate of drug-likeness (QED) is 0.786. The molecule has 1 heterocycles. The van der Waals surface area contributed by atoms with Crippen molar-refractivity contribution in [3.05, 3.63) is 35.9 Å². The molecule has 1 amide bonds. The summed E-state index contributed by atoms with van der Waals surface area (Å²) in [6.45, 7) is 4.36. The number of benzene rings is 1. The number of carbonyl (C=O) groups is 1. The maximum Gasteiger partial charge on any atom is 0.246 e. The zero-order valence-corrected chi connectivity index (χ0v) is 12.2. The van der Waals surface area contributed by atoms with Gasteiger partial charge in [-0.1, -0.05) is 31.0 Å². The predicted molar refractivity (Wildman–Crippen MR) is 81.7 cm³/mol. The zero-order valence-electron chi connectivity index (χ0n) is 12.2. The third-order valence-electron chi connectivity index (χ3n) is 3.54. The number of para-hydroxylation sites is 1. The number of likely N-dealkylation sites (tertiary alicyclic amines) is 1. The van der Waals surface area contributed by atoms with Gasteiger partial charge >= 0.3 is 0 Å². The van der Waals surface area contributed by atoms with Crippen LogP contribution in [0.5, 0.6) is 5.75 Å². The van der Waals surface area contributed by atoms with Crippen LogP contribution in [-0.4, -0.2) is 30.5 Å². The molecule has 1 aromatic rings. The minimum atomic E-state index is 0.109. The van der Waals surface area contributed by atoms with Gasteiger partial charge < -0.3 is 9.64 Å². The van der Waals surface area contributed by atoms with Crippen LogP contribution in [0.2, 0.25) is 0 Å². The molecule has 1 aliphatic rings. The normalized spacial score (nSPS) is 16.1. The second kappa shape index (κ2) is 7.73. The van der Waals surface area contributed by atoms with Crippen molar-refractivity contribution >= 4 is 12.0 Å². The van der Waals surface area contributed by atoms with Crippen LogP contribution >= 0.6 is 0 Å². The lowest BCUT2D eigenvalue weighted by atomic mass is 10.2. The first-order chi connectivity index (χ1) is 9.81. The molecule has 0 unspecified atom stereocenters. The lowest BCUT2D eigenvalue weighted by molar-refractivity contribution is -0.125. The highest BCUT2D eigenvalue weighted by Crippen LogP contribution is 2.19. The molecular weight excluding hydrogens is 250 g/mol. The number of carbonyl (C=O) groups excluding carboxylic acids is 1. The first-order valence-corrected chi connectivity index (χ1v) is 7.50. The molecule has 0 radical (unpaired) electrons. The van der Waals surface area contributed by atoms with Crippen LogP contribution in [0, 0.1) is 0 Å². The molecular formula is C17H23NO2. The first-order valence-electron chi connectivity index (χ1n) is 7.50. The average molecular weight is 273 g/mol. The van der Waals surface area contributed by atoms with Crippen LogP contribution < -0.4 is 4.74 Å². The van der Waals surface area contributed by atoms with Crippen molar-refractivity contribution in [3.8, 4) is 5.75 Å². The second-order valence-corrected chi connectivity index (χ2v) is 5.04. The summed E-state index contributed by atoms with van der Waals surface area (Å²) in [5, 5.41) is 0. The Morgan fingerprint density at radius 2 is 1.90 bits per heavy atom. The molecule has 20 heavy (non-hydrogen) atoms. The van der Waals surface area contributed by atoms with Gasteiger partial charge in [0.25, 0.3) is 0 Å². The lowest BCUT2D eigenvalue weighted by Crippen LogP contribution is -2.30. The Balaban J connectivity index is 2.02. The number of hydrogen-bond donors (Lipinski definition) is 0. The van der Waals surface area contributed by atoms with E-state index in [1.54, 1.807) is 6.08 Å². The molecule has 0 bridgehead atoms. The van der Waals surface area contributed by atoms with Gasteiger partial charge in [-0.2, -0.15) is 0 Å². The van der Waals surface area contributed by atoms with Crippen LogP contribution in [0.4, 0.5) is 0 Å². The molecule has 108 valence electrons. The van der Waals surface area contributed by atoms with E-state index in [0.29, 0.717) is 6.61 Å². The highest BCUT2D eigenvalue weighted by atomic mass is 16.5. The fourth-order valence-corrected chi connectivity index (χ4v) is 2.46. The molecule has 0 aliphatic carbocycles. The van der Waals surface area contributed by atoms with Gasteiger partial charge in [0.05, 0.1) is 6.61 Å². The van der Waals surface area contributed by atoms with E-state index in [2.05, 4.69) is 0 Å². The molecule has 0 N–H and O–H groups in total. The number of rotatable bonds is 4. The monoisotopic (exact) mass is 273 g/mol. The molecule has 1 fully saturated rings. The molecule has 1 saturated heterocycles. The van der Waals surface area contributed by atoms with E-state index in [0.717, 1.165) is 37.2 Å². The van der Waals surface area contributed by atoms with Crippen LogP contribution in [0.3, 0.4) is 0 Å². The van der Waals surface area contributed by atoms with E-state index in [-0.39, 0.29) is 5.91 Å². The summed E-state index contributed by atoms with van der Waals surface area (Å²) >= 11 is 0. The highest BCUT2D eigenvalue weighted by molar-refractivity contribution is 5.92. The van der Waals surface area contributed by atoms with Gasteiger partial charge in [-0.3, -0.25) is 4.79 Å². The van der Waals surface area contributed by atoms with Gasteiger partial charge in [0.1, 0.15) is 5.75 Å². The Hall–Kier alpha value is -1.77. The number of hydrogen-bond acceptors (Lipinski definition) is 2. The molecule has 1 aliphatic heterocycles. The van der Waals surface area contributed by atoms with Crippen molar-refractivity contribution in [2.24, 2.45) is 0 Å². The summed E-state index contributed by atoms with van der Waals surface area (Å²) in [6.07, 6.45) is 8.24. The third-order valence-corrected chi connectivity index (χ3v) is 3.54. The van der Waals surface area contributed by atoms with Crippen LogP contribution in [0.25, 0.3) is 6.08 Å². The van der Waals surface area contributed by atoms with E-state index >= 15 is 0 Å². The minimum Gasteiger partial charge on any atom is -0.493 e. The molecule has 3 heteroatoms. The fourth-order valence-electron chi connectivity index (χ4n) is 2.46. The van der Waals surface area contributed by atoms with E-state index in [9.17, 15) is 4.79 Å². The summed E-state index contributed by atoms with van der Waals surface area (Å²) < 4.78 is 5.56. The van der Waals surface area contributed by atoms with Gasteiger partial charge in [-0.25, -0.2) is 0 Å². The average Bonchev–Trinajstić information content (AvgIpc) is 2.75. The number of nitrogens with zero attached hydrogens (tertiary/aromatic N) is 1. The van der Waals surface area contributed by atoms with Crippen LogP contribution in [0.1, 0.15) is 38.2 Å². The van der Waals surface area contributed by atoms with Gasteiger partial charge in [0, 0.05) is 24.7 Å². The first kappa shape index (κ1) is 14.6. The molecule has 0 saturated carbocycles. The molecule has 2 rings (SSSR count). The van der Waals surface area contributed by atoms with Crippen LogP contribution in [-0.2, 0) is 4.79 Å². The molecule has 3 nitrogen and oxygen atoms in total. The van der Waals surface area contributed by atoms with E-state index < -0.39 is 0 Å². The lowest BCUT2D eigenvalue weighted by Gasteiger charge is -2.18. The van der Waals surface area contributed by atoms with Gasteiger partial charge in [0.2, 0.25) is 5.91 Å². The largest absolute Gasteiger partial charge is 0.493 e. The van der Waals surface area contributed by atoms with E-state index in [4.69, 9.17) is 4.74 Å². The molecule has 0 atom stereocenters. The Morgan fingerprint density at radius 1 is 1.20 bits per heavy atom. The van der Waals surface area contributed by atoms with Crippen LogP contribution in [0.15, 0.2) is 30.3 Å². The third kappa shape index (κ3) is 4.12. The molecule has 1 aromatic carbocycles. The summed E-state index contributed by atoms with van der Waals surface area (Å²) in [7, 11) is 0. The smallest absolute Gasteiger partial charge is 0.246 e. The maximum absolute atomic E-state index is 12.2. The van der Waals surface area contributed by atoms with Crippen molar-refractivity contribution in [2.45, 2.75) is 32.6 Å². The SMILES string of the molecule is CCOc1ccccc1/C=C\C(=O)N1CCCCCC1. The number of amides is 1. The molecule has 0 spiro atoms. The topological polar surface area (TPSA) is 29.5 Å². The Kier molecular flexibility index (Phi) is 5.66. The summed E-state index contributed by atoms with van der Waals surface area (Å²) in [5.41, 5.74) is 0.956. The highest BCUT2D eigenvalue weighted by Gasteiger charge is 2.12. The summed E-state index contributed by atoms with van der Waals surface area (Å²) in [5.74, 6) is 0.938. The van der Waals surface area contributed by atoms with Crippen molar-refractivity contribution in [1.29, 1.82) is 0 Å².